The first-order valence-corrected chi connectivity index (χ1v) is 7.22. The van der Waals surface area contributed by atoms with Crippen LogP contribution in [0.25, 0.3) is 10.9 Å². The summed E-state index contributed by atoms with van der Waals surface area (Å²) in [5.41, 5.74) is 5.42. The van der Waals surface area contributed by atoms with Crippen LogP contribution >= 0.6 is 0 Å². The third-order valence-corrected chi connectivity index (χ3v) is 4.09. The highest BCUT2D eigenvalue weighted by Crippen LogP contribution is 2.38. The van der Waals surface area contributed by atoms with E-state index in [1.54, 1.807) is 0 Å². The SMILES string of the molecule is OCc1cc(N2CCc3ccccc32)c2ccccc2n1. The molecule has 104 valence electrons. The van der Waals surface area contributed by atoms with Gasteiger partial charge in [-0.05, 0) is 30.2 Å². The molecule has 0 radical (unpaired) electrons. The zero-order valence-electron chi connectivity index (χ0n) is 11.7. The van der Waals surface area contributed by atoms with E-state index < -0.39 is 0 Å². The number of aromatic nitrogens is 1. The Hall–Kier alpha value is -2.39. The highest BCUT2D eigenvalue weighted by Gasteiger charge is 2.22. The molecule has 0 fully saturated rings. The van der Waals surface area contributed by atoms with Gasteiger partial charge < -0.3 is 10.0 Å². The van der Waals surface area contributed by atoms with Gasteiger partial charge in [-0.3, -0.25) is 4.98 Å². The summed E-state index contributed by atoms with van der Waals surface area (Å²) in [6.45, 7) is 0.936. The summed E-state index contributed by atoms with van der Waals surface area (Å²) in [5, 5.41) is 10.6. The van der Waals surface area contributed by atoms with Crippen molar-refractivity contribution in [1.82, 2.24) is 4.98 Å². The molecule has 0 bridgehead atoms. The van der Waals surface area contributed by atoms with Crippen molar-refractivity contribution in [2.45, 2.75) is 13.0 Å². The average Bonchev–Trinajstić information content (AvgIpc) is 2.97. The molecule has 2 heterocycles. The van der Waals surface area contributed by atoms with Crippen molar-refractivity contribution in [3.05, 3.63) is 65.9 Å². The Labute approximate surface area is 123 Å². The van der Waals surface area contributed by atoms with Crippen molar-refractivity contribution in [2.75, 3.05) is 11.4 Å². The number of anilines is 2. The largest absolute Gasteiger partial charge is 0.390 e. The number of hydrogen-bond acceptors (Lipinski definition) is 3. The molecule has 0 saturated heterocycles. The van der Waals surface area contributed by atoms with Gasteiger partial charge in [-0.1, -0.05) is 36.4 Å². The lowest BCUT2D eigenvalue weighted by molar-refractivity contribution is 0.277. The monoisotopic (exact) mass is 276 g/mol. The number of para-hydroxylation sites is 2. The quantitative estimate of drug-likeness (QED) is 0.779. The molecule has 0 amide bonds. The summed E-state index contributed by atoms with van der Waals surface area (Å²) in [7, 11) is 0. The van der Waals surface area contributed by atoms with E-state index in [1.807, 2.05) is 24.3 Å². The summed E-state index contributed by atoms with van der Waals surface area (Å²) >= 11 is 0. The van der Waals surface area contributed by atoms with Gasteiger partial charge in [0.2, 0.25) is 0 Å². The van der Waals surface area contributed by atoms with Gasteiger partial charge in [0, 0.05) is 17.6 Å². The topological polar surface area (TPSA) is 36.4 Å². The second-order valence-electron chi connectivity index (χ2n) is 5.34. The predicted octanol–water partition coefficient (Wildman–Crippen LogP) is 3.42. The summed E-state index contributed by atoms with van der Waals surface area (Å²) in [6.07, 6.45) is 1.06. The second-order valence-corrected chi connectivity index (χ2v) is 5.34. The third kappa shape index (κ3) is 1.98. The van der Waals surface area contributed by atoms with Crippen LogP contribution in [-0.2, 0) is 13.0 Å². The normalized spacial score (nSPS) is 13.7. The number of nitrogens with zero attached hydrogens (tertiary/aromatic N) is 2. The van der Waals surface area contributed by atoms with Crippen molar-refractivity contribution < 1.29 is 5.11 Å². The fraction of sp³-hybridized carbons (Fsp3) is 0.167. The Kier molecular flexibility index (Phi) is 2.86. The highest BCUT2D eigenvalue weighted by atomic mass is 16.3. The summed E-state index contributed by atoms with van der Waals surface area (Å²) in [6, 6.07) is 18.6. The molecule has 0 aliphatic carbocycles. The van der Waals surface area contributed by atoms with Crippen LogP contribution in [0, 0.1) is 0 Å². The van der Waals surface area contributed by atoms with Gasteiger partial charge in [-0.2, -0.15) is 0 Å². The van der Waals surface area contributed by atoms with Crippen molar-refractivity contribution in [1.29, 1.82) is 0 Å². The number of pyridine rings is 1. The molecule has 1 N–H and O–H groups in total. The van der Waals surface area contributed by atoms with E-state index in [2.05, 4.69) is 40.2 Å². The van der Waals surface area contributed by atoms with E-state index in [9.17, 15) is 5.11 Å². The maximum Gasteiger partial charge on any atom is 0.0854 e. The molecule has 3 nitrogen and oxygen atoms in total. The molecule has 4 rings (SSSR count). The molecule has 0 unspecified atom stereocenters. The molecule has 3 aromatic rings. The Morgan fingerprint density at radius 2 is 1.81 bits per heavy atom. The molecular formula is C18H16N2O. The minimum Gasteiger partial charge on any atom is -0.390 e. The van der Waals surface area contributed by atoms with Gasteiger partial charge in [0.1, 0.15) is 0 Å². The zero-order valence-corrected chi connectivity index (χ0v) is 11.7. The summed E-state index contributed by atoms with van der Waals surface area (Å²) in [5.74, 6) is 0. The van der Waals surface area contributed by atoms with Gasteiger partial charge >= 0.3 is 0 Å². The molecular weight excluding hydrogens is 260 g/mol. The second kappa shape index (κ2) is 4.86. The van der Waals surface area contributed by atoms with E-state index in [1.165, 1.54) is 11.3 Å². The first-order chi connectivity index (χ1) is 10.4. The van der Waals surface area contributed by atoms with Crippen LogP contribution in [-0.4, -0.2) is 16.6 Å². The van der Waals surface area contributed by atoms with Crippen LogP contribution in [0.2, 0.25) is 0 Å². The van der Waals surface area contributed by atoms with Crippen LogP contribution in [0.4, 0.5) is 11.4 Å². The molecule has 0 spiro atoms. The van der Waals surface area contributed by atoms with Gasteiger partial charge in [-0.15, -0.1) is 0 Å². The van der Waals surface area contributed by atoms with Gasteiger partial charge in [0.15, 0.2) is 0 Å². The van der Waals surface area contributed by atoms with Crippen molar-refractivity contribution in [3.8, 4) is 0 Å². The van der Waals surface area contributed by atoms with Crippen molar-refractivity contribution in [3.63, 3.8) is 0 Å². The van der Waals surface area contributed by atoms with Crippen molar-refractivity contribution in [2.24, 2.45) is 0 Å². The van der Waals surface area contributed by atoms with Crippen LogP contribution in [0.3, 0.4) is 0 Å². The fourth-order valence-electron chi connectivity index (χ4n) is 3.10. The number of aliphatic hydroxyl groups excluding tert-OH is 1. The number of rotatable bonds is 2. The third-order valence-electron chi connectivity index (χ3n) is 4.09. The zero-order chi connectivity index (χ0) is 14.2. The predicted molar refractivity (Wildman–Crippen MR) is 84.8 cm³/mol. The summed E-state index contributed by atoms with van der Waals surface area (Å²) < 4.78 is 0. The van der Waals surface area contributed by atoms with E-state index in [-0.39, 0.29) is 6.61 Å². The first-order valence-electron chi connectivity index (χ1n) is 7.22. The fourth-order valence-corrected chi connectivity index (χ4v) is 3.10. The lowest BCUT2D eigenvalue weighted by atomic mass is 10.1. The average molecular weight is 276 g/mol. The molecule has 2 aromatic carbocycles. The van der Waals surface area contributed by atoms with E-state index >= 15 is 0 Å². The maximum atomic E-state index is 9.48. The molecule has 1 aromatic heterocycles. The Morgan fingerprint density at radius 1 is 1.00 bits per heavy atom. The maximum absolute atomic E-state index is 9.48. The van der Waals surface area contributed by atoms with Gasteiger partial charge in [0.05, 0.1) is 23.5 Å². The Bertz CT molecular complexity index is 813. The molecule has 3 heteroatoms. The van der Waals surface area contributed by atoms with Crippen LogP contribution in [0.15, 0.2) is 54.6 Å². The van der Waals surface area contributed by atoms with E-state index in [4.69, 9.17) is 0 Å². The molecule has 0 saturated carbocycles. The molecule has 0 atom stereocenters. The highest BCUT2D eigenvalue weighted by molar-refractivity contribution is 5.94. The Balaban J connectivity index is 1.95. The first kappa shape index (κ1) is 12.4. The number of fused-ring (bicyclic) bond motifs is 2. The van der Waals surface area contributed by atoms with Crippen LogP contribution in [0.5, 0.6) is 0 Å². The lowest BCUT2D eigenvalue weighted by Gasteiger charge is -2.22. The van der Waals surface area contributed by atoms with Gasteiger partial charge in [-0.25, -0.2) is 0 Å². The minimum absolute atomic E-state index is 0.0344. The molecule has 1 aliphatic rings. The van der Waals surface area contributed by atoms with Crippen molar-refractivity contribution >= 4 is 22.3 Å². The Morgan fingerprint density at radius 3 is 2.71 bits per heavy atom. The van der Waals surface area contributed by atoms with Gasteiger partial charge in [0.25, 0.3) is 0 Å². The molecule has 1 aliphatic heterocycles. The van der Waals surface area contributed by atoms with E-state index in [0.29, 0.717) is 5.69 Å². The summed E-state index contributed by atoms with van der Waals surface area (Å²) in [4.78, 5) is 6.84. The van der Waals surface area contributed by atoms with Crippen LogP contribution < -0.4 is 4.90 Å². The van der Waals surface area contributed by atoms with Crippen LogP contribution in [0.1, 0.15) is 11.3 Å². The number of benzene rings is 2. The smallest absolute Gasteiger partial charge is 0.0854 e. The minimum atomic E-state index is -0.0344. The molecule has 21 heavy (non-hydrogen) atoms. The lowest BCUT2D eigenvalue weighted by Crippen LogP contribution is -2.14. The standard InChI is InChI=1S/C18H16N2O/c21-12-14-11-18(15-6-2-3-7-16(15)19-14)20-10-9-13-5-1-4-8-17(13)20/h1-8,11,21H,9-10,12H2. The number of aliphatic hydroxyl groups is 1. The van der Waals surface area contributed by atoms with E-state index in [0.717, 1.165) is 29.6 Å². The number of hydrogen-bond donors (Lipinski definition) is 1.